The molecule has 1 unspecified atom stereocenters. The summed E-state index contributed by atoms with van der Waals surface area (Å²) in [6.45, 7) is 9.97. The van der Waals surface area contributed by atoms with Crippen molar-refractivity contribution in [3.63, 3.8) is 0 Å². The van der Waals surface area contributed by atoms with Gasteiger partial charge in [0, 0.05) is 30.4 Å². The molecule has 2 amide bonds. The zero-order chi connectivity index (χ0) is 17.9. The van der Waals surface area contributed by atoms with Crippen molar-refractivity contribution in [3.8, 4) is 0 Å². The minimum atomic E-state index is -0.0853. The highest BCUT2D eigenvalue weighted by molar-refractivity contribution is 5.95. The third kappa shape index (κ3) is 6.60. The molecule has 0 radical (unpaired) electrons. The predicted molar refractivity (Wildman–Crippen MR) is 99.3 cm³/mol. The fraction of sp³-hybridized carbons (Fsp3) is 0.579. The van der Waals surface area contributed by atoms with Crippen molar-refractivity contribution in [2.75, 3.05) is 25.0 Å². The zero-order valence-electron chi connectivity index (χ0n) is 15.4. The molecule has 0 saturated heterocycles. The van der Waals surface area contributed by atoms with Gasteiger partial charge in [0.1, 0.15) is 0 Å². The first kappa shape index (κ1) is 20.0. The van der Waals surface area contributed by atoms with Crippen molar-refractivity contribution in [2.24, 2.45) is 0 Å². The minimum absolute atomic E-state index is 0.0853. The van der Waals surface area contributed by atoms with Crippen LogP contribution < -0.4 is 10.6 Å². The first-order valence-corrected chi connectivity index (χ1v) is 8.94. The van der Waals surface area contributed by atoms with E-state index in [1.165, 1.54) is 0 Å². The van der Waals surface area contributed by atoms with Gasteiger partial charge in [-0.1, -0.05) is 26.8 Å². The van der Waals surface area contributed by atoms with Crippen LogP contribution in [-0.2, 0) is 4.79 Å². The Morgan fingerprint density at radius 2 is 1.79 bits per heavy atom. The molecule has 24 heavy (non-hydrogen) atoms. The number of rotatable bonds is 10. The molecule has 0 aromatic heterocycles. The Bertz CT molecular complexity index is 525. The van der Waals surface area contributed by atoms with Crippen LogP contribution in [0, 0.1) is 0 Å². The molecule has 1 aromatic carbocycles. The molecular weight excluding hydrogens is 302 g/mol. The van der Waals surface area contributed by atoms with Crippen molar-refractivity contribution in [3.05, 3.63) is 29.8 Å². The number of hydrogen-bond acceptors (Lipinski definition) is 3. The van der Waals surface area contributed by atoms with Gasteiger partial charge < -0.3 is 15.5 Å². The van der Waals surface area contributed by atoms with E-state index in [1.54, 1.807) is 12.1 Å². The number of carbonyl (C=O) groups excluding carboxylic acids is 2. The van der Waals surface area contributed by atoms with E-state index in [2.05, 4.69) is 24.5 Å². The summed E-state index contributed by atoms with van der Waals surface area (Å²) in [6, 6.07) is 7.42. The lowest BCUT2D eigenvalue weighted by Crippen LogP contribution is -2.36. The molecule has 0 bridgehead atoms. The molecule has 1 rings (SSSR count). The maximum absolute atomic E-state index is 12.3. The van der Waals surface area contributed by atoms with Gasteiger partial charge in [0.2, 0.25) is 5.91 Å². The summed E-state index contributed by atoms with van der Waals surface area (Å²) in [5, 5.41) is 6.08. The monoisotopic (exact) mass is 333 g/mol. The van der Waals surface area contributed by atoms with Gasteiger partial charge in [0.15, 0.2) is 0 Å². The molecule has 2 N–H and O–H groups in total. The van der Waals surface area contributed by atoms with Crippen LogP contribution in [0.15, 0.2) is 24.3 Å². The van der Waals surface area contributed by atoms with E-state index in [0.717, 1.165) is 38.0 Å². The summed E-state index contributed by atoms with van der Waals surface area (Å²) in [5.41, 5.74) is 1.39. The van der Waals surface area contributed by atoms with Crippen molar-refractivity contribution >= 4 is 17.5 Å². The van der Waals surface area contributed by atoms with Crippen LogP contribution in [0.5, 0.6) is 0 Å². The van der Waals surface area contributed by atoms with Gasteiger partial charge in [-0.2, -0.15) is 0 Å². The molecule has 5 nitrogen and oxygen atoms in total. The molecular formula is C19H31N3O2. The maximum atomic E-state index is 12.3. The summed E-state index contributed by atoms with van der Waals surface area (Å²) in [4.78, 5) is 26.3. The fourth-order valence-electron chi connectivity index (χ4n) is 2.37. The minimum Gasteiger partial charge on any atom is -0.376 e. The van der Waals surface area contributed by atoms with E-state index in [1.807, 2.05) is 30.9 Å². The lowest BCUT2D eigenvalue weighted by Gasteiger charge is -2.22. The summed E-state index contributed by atoms with van der Waals surface area (Å²) in [7, 11) is 0. The highest BCUT2D eigenvalue weighted by Crippen LogP contribution is 2.11. The van der Waals surface area contributed by atoms with Crippen LogP contribution >= 0.6 is 0 Å². The van der Waals surface area contributed by atoms with E-state index in [-0.39, 0.29) is 24.4 Å². The average Bonchev–Trinajstić information content (AvgIpc) is 2.59. The lowest BCUT2D eigenvalue weighted by molar-refractivity contribution is -0.129. The SMILES string of the molecule is CCCN(CCC)C(=O)CNc1cccc(C(=O)NC(C)CC)c1. The Kier molecular flexibility index (Phi) is 8.90. The van der Waals surface area contributed by atoms with Crippen LogP contribution in [0.3, 0.4) is 0 Å². The molecule has 5 heteroatoms. The second-order valence-electron chi connectivity index (χ2n) is 6.10. The van der Waals surface area contributed by atoms with Gasteiger partial charge >= 0.3 is 0 Å². The van der Waals surface area contributed by atoms with Gasteiger partial charge in [0.05, 0.1) is 6.54 Å². The second kappa shape index (κ2) is 10.7. The number of benzene rings is 1. The van der Waals surface area contributed by atoms with Gasteiger partial charge in [0.25, 0.3) is 5.91 Å². The predicted octanol–water partition coefficient (Wildman–Crippen LogP) is 3.28. The zero-order valence-corrected chi connectivity index (χ0v) is 15.4. The highest BCUT2D eigenvalue weighted by atomic mass is 16.2. The molecule has 134 valence electrons. The highest BCUT2D eigenvalue weighted by Gasteiger charge is 2.12. The van der Waals surface area contributed by atoms with Crippen molar-refractivity contribution in [1.82, 2.24) is 10.2 Å². The standard InChI is InChI=1S/C19H31N3O2/c1-5-11-22(12-6-2)18(23)14-20-17-10-8-9-16(13-17)19(24)21-15(4)7-3/h8-10,13,15,20H,5-7,11-12,14H2,1-4H3,(H,21,24). The van der Waals surface area contributed by atoms with Gasteiger partial charge in [-0.25, -0.2) is 0 Å². The number of carbonyl (C=O) groups is 2. The lowest BCUT2D eigenvalue weighted by atomic mass is 10.1. The van der Waals surface area contributed by atoms with Crippen molar-refractivity contribution in [1.29, 1.82) is 0 Å². The third-order valence-corrected chi connectivity index (χ3v) is 3.90. The number of amides is 2. The second-order valence-corrected chi connectivity index (χ2v) is 6.10. The van der Waals surface area contributed by atoms with E-state index in [4.69, 9.17) is 0 Å². The van der Waals surface area contributed by atoms with Crippen LogP contribution in [0.1, 0.15) is 57.3 Å². The molecule has 0 heterocycles. The molecule has 0 saturated carbocycles. The summed E-state index contributed by atoms with van der Waals surface area (Å²) < 4.78 is 0. The largest absolute Gasteiger partial charge is 0.376 e. The Labute approximate surface area is 145 Å². The van der Waals surface area contributed by atoms with E-state index < -0.39 is 0 Å². The quantitative estimate of drug-likeness (QED) is 0.691. The normalized spacial score (nSPS) is 11.7. The third-order valence-electron chi connectivity index (χ3n) is 3.90. The molecule has 1 atom stereocenters. The van der Waals surface area contributed by atoms with Crippen LogP contribution in [0.2, 0.25) is 0 Å². The van der Waals surface area contributed by atoms with Crippen LogP contribution in [0.25, 0.3) is 0 Å². The van der Waals surface area contributed by atoms with Crippen LogP contribution in [0.4, 0.5) is 5.69 Å². The maximum Gasteiger partial charge on any atom is 0.251 e. The first-order valence-electron chi connectivity index (χ1n) is 8.94. The van der Waals surface area contributed by atoms with Gasteiger partial charge in [-0.3, -0.25) is 9.59 Å². The van der Waals surface area contributed by atoms with E-state index in [9.17, 15) is 9.59 Å². The van der Waals surface area contributed by atoms with E-state index in [0.29, 0.717) is 5.56 Å². The molecule has 0 spiro atoms. The number of nitrogens with zero attached hydrogens (tertiary/aromatic N) is 1. The van der Waals surface area contributed by atoms with Gasteiger partial charge in [-0.05, 0) is 44.4 Å². The van der Waals surface area contributed by atoms with Crippen LogP contribution in [-0.4, -0.2) is 42.4 Å². The number of nitrogens with one attached hydrogen (secondary N) is 2. The van der Waals surface area contributed by atoms with Crippen molar-refractivity contribution in [2.45, 2.75) is 53.0 Å². The Hall–Kier alpha value is -2.04. The summed E-state index contributed by atoms with van der Waals surface area (Å²) in [6.07, 6.45) is 2.80. The smallest absolute Gasteiger partial charge is 0.251 e. The van der Waals surface area contributed by atoms with Crippen molar-refractivity contribution < 1.29 is 9.59 Å². The van der Waals surface area contributed by atoms with E-state index >= 15 is 0 Å². The first-order chi connectivity index (χ1) is 11.5. The number of hydrogen-bond donors (Lipinski definition) is 2. The fourth-order valence-corrected chi connectivity index (χ4v) is 2.37. The molecule has 0 aliphatic carbocycles. The Balaban J connectivity index is 2.64. The molecule has 0 aliphatic heterocycles. The van der Waals surface area contributed by atoms with Gasteiger partial charge in [-0.15, -0.1) is 0 Å². The molecule has 0 aliphatic rings. The summed E-state index contributed by atoms with van der Waals surface area (Å²) >= 11 is 0. The average molecular weight is 333 g/mol. The summed E-state index contributed by atoms with van der Waals surface area (Å²) in [5.74, 6) is 0.00563. The Morgan fingerprint density at radius 1 is 1.12 bits per heavy atom. The molecule has 1 aromatic rings. The number of anilines is 1. The Morgan fingerprint density at radius 3 is 2.38 bits per heavy atom. The topological polar surface area (TPSA) is 61.4 Å². The molecule has 0 fully saturated rings.